The Hall–Kier alpha value is -1.63. The summed E-state index contributed by atoms with van der Waals surface area (Å²) in [6, 6.07) is 0.524. The standard InChI is InChI=1S/C12H15F3N2O2/c1-11(2,19-3)10(18)17-9(12(13,14)15)8-5-4-6-16-7-8/h4-7,9H,1-3H3,(H,17,18). The molecular formula is C12H15F3N2O2. The number of aromatic nitrogens is 1. The van der Waals surface area contributed by atoms with Crippen molar-refractivity contribution in [3.63, 3.8) is 0 Å². The molecule has 0 spiro atoms. The molecule has 0 aromatic carbocycles. The Bertz CT molecular complexity index is 432. The summed E-state index contributed by atoms with van der Waals surface area (Å²) in [7, 11) is 1.26. The van der Waals surface area contributed by atoms with Gasteiger partial charge in [-0.05, 0) is 19.9 Å². The van der Waals surface area contributed by atoms with Gasteiger partial charge in [-0.3, -0.25) is 9.78 Å². The van der Waals surface area contributed by atoms with E-state index in [0.29, 0.717) is 0 Å². The number of halogens is 3. The van der Waals surface area contributed by atoms with Crippen LogP contribution in [0, 0.1) is 0 Å². The van der Waals surface area contributed by atoms with Crippen LogP contribution >= 0.6 is 0 Å². The highest BCUT2D eigenvalue weighted by atomic mass is 19.4. The minimum Gasteiger partial charge on any atom is -0.369 e. The van der Waals surface area contributed by atoms with E-state index in [-0.39, 0.29) is 5.56 Å². The van der Waals surface area contributed by atoms with Crippen molar-refractivity contribution in [2.24, 2.45) is 0 Å². The molecular weight excluding hydrogens is 261 g/mol. The number of hydrogen-bond donors (Lipinski definition) is 1. The molecule has 0 radical (unpaired) electrons. The largest absolute Gasteiger partial charge is 0.412 e. The van der Waals surface area contributed by atoms with E-state index < -0.39 is 23.7 Å². The first-order chi connectivity index (χ1) is 8.68. The zero-order chi connectivity index (χ0) is 14.7. The maximum atomic E-state index is 13.0. The number of carbonyl (C=O) groups is 1. The number of methoxy groups -OCH3 is 1. The van der Waals surface area contributed by atoms with Crippen molar-refractivity contribution < 1.29 is 22.7 Å². The van der Waals surface area contributed by atoms with Gasteiger partial charge in [0.25, 0.3) is 5.91 Å². The molecule has 0 aliphatic heterocycles. The SMILES string of the molecule is COC(C)(C)C(=O)NC(c1cccnc1)C(F)(F)F. The van der Waals surface area contributed by atoms with E-state index in [1.165, 1.54) is 39.3 Å². The number of nitrogens with zero attached hydrogens (tertiary/aromatic N) is 1. The number of hydrogen-bond acceptors (Lipinski definition) is 3. The summed E-state index contributed by atoms with van der Waals surface area (Å²) < 4.78 is 43.8. The Labute approximate surface area is 109 Å². The quantitative estimate of drug-likeness (QED) is 0.917. The average molecular weight is 276 g/mol. The van der Waals surface area contributed by atoms with Gasteiger partial charge in [-0.2, -0.15) is 13.2 Å². The van der Waals surface area contributed by atoms with Crippen molar-refractivity contribution in [2.75, 3.05) is 7.11 Å². The zero-order valence-electron chi connectivity index (χ0n) is 10.8. The molecule has 1 aromatic heterocycles. The number of alkyl halides is 3. The molecule has 1 unspecified atom stereocenters. The van der Waals surface area contributed by atoms with E-state index in [1.54, 1.807) is 0 Å². The first-order valence-corrected chi connectivity index (χ1v) is 5.51. The third kappa shape index (κ3) is 3.92. The Morgan fingerprint density at radius 3 is 2.47 bits per heavy atom. The van der Waals surface area contributed by atoms with Gasteiger partial charge in [0.1, 0.15) is 5.60 Å². The van der Waals surface area contributed by atoms with Crippen molar-refractivity contribution in [2.45, 2.75) is 31.7 Å². The molecule has 1 atom stereocenters. The predicted molar refractivity (Wildman–Crippen MR) is 62.3 cm³/mol. The molecule has 1 rings (SSSR count). The van der Waals surface area contributed by atoms with Crippen LogP contribution in [-0.4, -0.2) is 29.8 Å². The number of pyridine rings is 1. The number of carbonyl (C=O) groups excluding carboxylic acids is 1. The first-order valence-electron chi connectivity index (χ1n) is 5.51. The van der Waals surface area contributed by atoms with Crippen LogP contribution in [0.5, 0.6) is 0 Å². The summed E-state index contributed by atoms with van der Waals surface area (Å²) in [5.74, 6) is -0.846. The zero-order valence-corrected chi connectivity index (χ0v) is 10.8. The molecule has 4 nitrogen and oxygen atoms in total. The summed E-state index contributed by atoms with van der Waals surface area (Å²) in [5, 5.41) is 1.94. The van der Waals surface area contributed by atoms with Crippen molar-refractivity contribution in [1.82, 2.24) is 10.3 Å². The van der Waals surface area contributed by atoms with Gasteiger partial charge in [-0.15, -0.1) is 0 Å². The fourth-order valence-electron chi connectivity index (χ4n) is 1.30. The van der Waals surface area contributed by atoms with Crippen molar-refractivity contribution in [1.29, 1.82) is 0 Å². The fourth-order valence-corrected chi connectivity index (χ4v) is 1.30. The van der Waals surface area contributed by atoms with Gasteiger partial charge >= 0.3 is 6.18 Å². The van der Waals surface area contributed by atoms with E-state index in [0.717, 1.165) is 6.20 Å². The van der Waals surface area contributed by atoms with Gasteiger partial charge in [-0.1, -0.05) is 6.07 Å². The average Bonchev–Trinajstić information content (AvgIpc) is 2.35. The second-order valence-corrected chi connectivity index (χ2v) is 4.45. The maximum Gasteiger partial charge on any atom is 0.412 e. The van der Waals surface area contributed by atoms with Gasteiger partial charge in [-0.25, -0.2) is 0 Å². The van der Waals surface area contributed by atoms with Crippen molar-refractivity contribution in [3.05, 3.63) is 30.1 Å². The molecule has 7 heteroatoms. The summed E-state index contributed by atoms with van der Waals surface area (Å²) in [6.45, 7) is 2.78. The van der Waals surface area contributed by atoms with E-state index in [1.807, 2.05) is 5.32 Å². The molecule has 1 aromatic rings. The smallest absolute Gasteiger partial charge is 0.369 e. The summed E-state index contributed by atoms with van der Waals surface area (Å²) >= 11 is 0. The van der Waals surface area contributed by atoms with E-state index in [4.69, 9.17) is 4.74 Å². The van der Waals surface area contributed by atoms with Gasteiger partial charge in [0, 0.05) is 25.1 Å². The van der Waals surface area contributed by atoms with Crippen LogP contribution in [0.4, 0.5) is 13.2 Å². The summed E-state index contributed by atoms with van der Waals surface area (Å²) in [6.07, 6.45) is -2.18. The molecule has 0 aliphatic carbocycles. The molecule has 1 N–H and O–H groups in total. The normalized spacial score (nSPS) is 14.0. The predicted octanol–water partition coefficient (Wildman–Crippen LogP) is 2.23. The van der Waals surface area contributed by atoms with Crippen LogP contribution in [0.2, 0.25) is 0 Å². The lowest BCUT2D eigenvalue weighted by Crippen LogP contribution is -2.48. The van der Waals surface area contributed by atoms with E-state index in [2.05, 4.69) is 4.98 Å². The minimum absolute atomic E-state index is 0.129. The van der Waals surface area contributed by atoms with Crippen LogP contribution in [-0.2, 0) is 9.53 Å². The molecule has 0 bridgehead atoms. The molecule has 1 amide bonds. The van der Waals surface area contributed by atoms with Gasteiger partial charge in [0.05, 0.1) is 0 Å². The van der Waals surface area contributed by atoms with E-state index >= 15 is 0 Å². The highest BCUT2D eigenvalue weighted by Crippen LogP contribution is 2.32. The molecule has 0 fully saturated rings. The molecule has 106 valence electrons. The number of amides is 1. The summed E-state index contributed by atoms with van der Waals surface area (Å²) in [5.41, 5.74) is -1.47. The van der Waals surface area contributed by atoms with E-state index in [9.17, 15) is 18.0 Å². The third-order valence-corrected chi connectivity index (χ3v) is 2.68. The van der Waals surface area contributed by atoms with Gasteiger partial charge in [0.2, 0.25) is 0 Å². The lowest BCUT2D eigenvalue weighted by molar-refractivity contribution is -0.169. The van der Waals surface area contributed by atoms with Crippen LogP contribution in [0.15, 0.2) is 24.5 Å². The van der Waals surface area contributed by atoms with Crippen LogP contribution in [0.1, 0.15) is 25.5 Å². The Balaban J connectivity index is 2.99. The molecule has 1 heterocycles. The highest BCUT2D eigenvalue weighted by Gasteiger charge is 2.44. The van der Waals surface area contributed by atoms with Gasteiger partial charge < -0.3 is 10.1 Å². The van der Waals surface area contributed by atoms with Crippen LogP contribution in [0.3, 0.4) is 0 Å². The second-order valence-electron chi connectivity index (χ2n) is 4.45. The molecule has 0 saturated heterocycles. The lowest BCUT2D eigenvalue weighted by Gasteiger charge is -2.27. The summed E-state index contributed by atoms with van der Waals surface area (Å²) in [4.78, 5) is 15.4. The Morgan fingerprint density at radius 1 is 1.42 bits per heavy atom. The maximum absolute atomic E-state index is 13.0. The second kappa shape index (κ2) is 5.56. The van der Waals surface area contributed by atoms with Crippen molar-refractivity contribution >= 4 is 5.91 Å². The number of rotatable bonds is 4. The number of nitrogens with one attached hydrogen (secondary N) is 1. The fraction of sp³-hybridized carbons (Fsp3) is 0.500. The lowest BCUT2D eigenvalue weighted by atomic mass is 10.1. The van der Waals surface area contributed by atoms with Crippen molar-refractivity contribution in [3.8, 4) is 0 Å². The Kier molecular flexibility index (Phi) is 4.52. The Morgan fingerprint density at radius 2 is 2.05 bits per heavy atom. The first kappa shape index (κ1) is 15.4. The third-order valence-electron chi connectivity index (χ3n) is 2.68. The van der Waals surface area contributed by atoms with Crippen LogP contribution in [0.25, 0.3) is 0 Å². The minimum atomic E-state index is -4.61. The molecule has 0 saturated carbocycles. The highest BCUT2D eigenvalue weighted by molar-refractivity contribution is 5.84. The van der Waals surface area contributed by atoms with Gasteiger partial charge in [0.15, 0.2) is 6.04 Å². The van der Waals surface area contributed by atoms with Crippen LogP contribution < -0.4 is 5.32 Å². The number of ether oxygens (including phenoxy) is 1. The molecule has 0 aliphatic rings. The molecule has 19 heavy (non-hydrogen) atoms. The monoisotopic (exact) mass is 276 g/mol. The topological polar surface area (TPSA) is 51.2 Å².